The van der Waals surface area contributed by atoms with Crippen molar-refractivity contribution in [2.75, 3.05) is 12.3 Å². The molecule has 21 heavy (non-hydrogen) atoms. The molecule has 0 aliphatic rings. The Hall–Kier alpha value is -2.53. The van der Waals surface area contributed by atoms with Gasteiger partial charge in [-0.2, -0.15) is 0 Å². The molecule has 2 aromatic heterocycles. The first kappa shape index (κ1) is 13.5. The van der Waals surface area contributed by atoms with E-state index in [9.17, 15) is 0 Å². The Kier molecular flexibility index (Phi) is 3.75. The highest BCUT2D eigenvalue weighted by Gasteiger charge is 2.08. The second kappa shape index (κ2) is 5.85. The number of aromatic nitrogens is 3. The summed E-state index contributed by atoms with van der Waals surface area (Å²) in [6, 6.07) is 9.79. The van der Waals surface area contributed by atoms with Crippen molar-refractivity contribution >= 4 is 16.6 Å². The monoisotopic (exact) mass is 280 g/mol. The summed E-state index contributed by atoms with van der Waals surface area (Å²) >= 11 is 0. The summed E-state index contributed by atoms with van der Waals surface area (Å²) in [6.07, 6.45) is 3.61. The summed E-state index contributed by atoms with van der Waals surface area (Å²) < 4.78 is 5.36. The number of hydrogen-bond donors (Lipinski definition) is 1. The van der Waals surface area contributed by atoms with E-state index in [2.05, 4.69) is 15.0 Å². The predicted molar refractivity (Wildman–Crippen MR) is 82.5 cm³/mol. The summed E-state index contributed by atoms with van der Waals surface area (Å²) in [5.74, 6) is 1.04. The Bertz CT molecular complexity index is 768. The molecule has 0 aliphatic heterocycles. The topological polar surface area (TPSA) is 73.9 Å². The maximum absolute atomic E-state index is 5.89. The van der Waals surface area contributed by atoms with E-state index in [0.29, 0.717) is 24.9 Å². The average molecular weight is 280 g/mol. The molecule has 0 spiro atoms. The van der Waals surface area contributed by atoms with E-state index in [1.54, 1.807) is 12.3 Å². The molecule has 0 amide bonds. The zero-order valence-electron chi connectivity index (χ0n) is 11.8. The lowest BCUT2D eigenvalue weighted by Gasteiger charge is -2.08. The highest BCUT2D eigenvalue weighted by atomic mass is 16.5. The number of nitrogens with two attached hydrogens (primary N) is 1. The van der Waals surface area contributed by atoms with Crippen LogP contribution < -0.4 is 5.73 Å². The van der Waals surface area contributed by atoms with Crippen LogP contribution in [-0.2, 0) is 11.3 Å². The third kappa shape index (κ3) is 2.83. The first-order valence-electron chi connectivity index (χ1n) is 6.82. The SMILES string of the molecule is CCOCc1nc(N)cc(-c2cccc3cnccc23)n1. The smallest absolute Gasteiger partial charge is 0.157 e. The maximum Gasteiger partial charge on any atom is 0.157 e. The molecule has 2 N–H and O–H groups in total. The number of benzene rings is 1. The van der Waals surface area contributed by atoms with Crippen molar-refractivity contribution in [3.63, 3.8) is 0 Å². The lowest BCUT2D eigenvalue weighted by Crippen LogP contribution is -2.03. The molecule has 0 saturated carbocycles. The normalized spacial score (nSPS) is 10.9. The van der Waals surface area contributed by atoms with Gasteiger partial charge in [-0.3, -0.25) is 4.98 Å². The molecule has 0 atom stereocenters. The molecule has 0 radical (unpaired) electrons. The zero-order chi connectivity index (χ0) is 14.7. The van der Waals surface area contributed by atoms with Gasteiger partial charge < -0.3 is 10.5 Å². The van der Waals surface area contributed by atoms with E-state index in [0.717, 1.165) is 22.0 Å². The van der Waals surface area contributed by atoms with Crippen molar-refractivity contribution in [1.29, 1.82) is 0 Å². The summed E-state index contributed by atoms with van der Waals surface area (Å²) in [5, 5.41) is 2.16. The Labute approximate surface area is 122 Å². The molecule has 3 rings (SSSR count). The Morgan fingerprint density at radius 3 is 2.95 bits per heavy atom. The molecule has 3 aromatic rings. The fraction of sp³-hybridized carbons (Fsp3) is 0.188. The Morgan fingerprint density at radius 2 is 2.10 bits per heavy atom. The van der Waals surface area contributed by atoms with Crippen LogP contribution in [0.25, 0.3) is 22.0 Å². The van der Waals surface area contributed by atoms with Gasteiger partial charge in [-0.25, -0.2) is 9.97 Å². The highest BCUT2D eigenvalue weighted by molar-refractivity contribution is 5.95. The quantitative estimate of drug-likeness (QED) is 0.795. The zero-order valence-corrected chi connectivity index (χ0v) is 11.8. The predicted octanol–water partition coefficient (Wildman–Crippen LogP) is 2.81. The van der Waals surface area contributed by atoms with Crippen LogP contribution in [-0.4, -0.2) is 21.6 Å². The Morgan fingerprint density at radius 1 is 1.19 bits per heavy atom. The second-order valence-electron chi connectivity index (χ2n) is 4.63. The molecule has 5 heteroatoms. The number of pyridine rings is 1. The van der Waals surface area contributed by atoms with Crippen molar-refractivity contribution in [2.24, 2.45) is 0 Å². The van der Waals surface area contributed by atoms with E-state index in [4.69, 9.17) is 10.5 Å². The summed E-state index contributed by atoms with van der Waals surface area (Å²) in [4.78, 5) is 12.9. The van der Waals surface area contributed by atoms with Crippen LogP contribution in [0.2, 0.25) is 0 Å². The molecule has 106 valence electrons. The van der Waals surface area contributed by atoms with Gasteiger partial charge in [0.05, 0.1) is 5.69 Å². The van der Waals surface area contributed by atoms with Crippen molar-refractivity contribution < 1.29 is 4.74 Å². The molecule has 1 aromatic carbocycles. The van der Waals surface area contributed by atoms with Gasteiger partial charge in [0.2, 0.25) is 0 Å². The standard InChI is InChI=1S/C16H16N4O/c1-2-21-10-16-19-14(8-15(17)20-16)13-5-3-4-11-9-18-7-6-12(11)13/h3-9H,2,10H2,1H3,(H2,17,19,20). The molecule has 0 saturated heterocycles. The number of fused-ring (bicyclic) bond motifs is 1. The van der Waals surface area contributed by atoms with E-state index in [1.807, 2.05) is 37.4 Å². The Balaban J connectivity index is 2.12. The van der Waals surface area contributed by atoms with Crippen LogP contribution in [0.3, 0.4) is 0 Å². The highest BCUT2D eigenvalue weighted by Crippen LogP contribution is 2.27. The molecule has 0 bridgehead atoms. The average Bonchev–Trinajstić information content (AvgIpc) is 2.52. The number of ether oxygens (including phenoxy) is 1. The van der Waals surface area contributed by atoms with Crippen LogP contribution in [0.4, 0.5) is 5.82 Å². The molecule has 2 heterocycles. The van der Waals surface area contributed by atoms with E-state index < -0.39 is 0 Å². The minimum atomic E-state index is 0.362. The first-order valence-corrected chi connectivity index (χ1v) is 6.82. The fourth-order valence-corrected chi connectivity index (χ4v) is 2.26. The van der Waals surface area contributed by atoms with Crippen LogP contribution >= 0.6 is 0 Å². The lowest BCUT2D eigenvalue weighted by molar-refractivity contribution is 0.128. The van der Waals surface area contributed by atoms with Gasteiger partial charge in [0, 0.05) is 36.0 Å². The van der Waals surface area contributed by atoms with Crippen LogP contribution in [0.1, 0.15) is 12.7 Å². The first-order chi connectivity index (χ1) is 10.3. The van der Waals surface area contributed by atoms with Crippen LogP contribution in [0.15, 0.2) is 42.7 Å². The van der Waals surface area contributed by atoms with Crippen LogP contribution in [0, 0.1) is 0 Å². The van der Waals surface area contributed by atoms with Crippen molar-refractivity contribution in [3.8, 4) is 11.3 Å². The molecule has 0 fully saturated rings. The van der Waals surface area contributed by atoms with Gasteiger partial charge in [-0.05, 0) is 18.4 Å². The van der Waals surface area contributed by atoms with Gasteiger partial charge in [-0.1, -0.05) is 18.2 Å². The van der Waals surface area contributed by atoms with Gasteiger partial charge in [0.1, 0.15) is 12.4 Å². The van der Waals surface area contributed by atoms with Gasteiger partial charge >= 0.3 is 0 Å². The third-order valence-electron chi connectivity index (χ3n) is 3.18. The molecular formula is C16H16N4O. The van der Waals surface area contributed by atoms with Crippen LogP contribution in [0.5, 0.6) is 0 Å². The molecule has 0 aliphatic carbocycles. The second-order valence-corrected chi connectivity index (χ2v) is 4.63. The van der Waals surface area contributed by atoms with Gasteiger partial charge in [-0.15, -0.1) is 0 Å². The summed E-state index contributed by atoms with van der Waals surface area (Å²) in [6.45, 7) is 2.92. The largest absolute Gasteiger partial charge is 0.384 e. The maximum atomic E-state index is 5.89. The minimum absolute atomic E-state index is 0.362. The number of nitrogens with zero attached hydrogens (tertiary/aromatic N) is 3. The van der Waals surface area contributed by atoms with Gasteiger partial charge in [0.25, 0.3) is 0 Å². The van der Waals surface area contributed by atoms with E-state index in [1.165, 1.54) is 0 Å². The van der Waals surface area contributed by atoms with Gasteiger partial charge in [0.15, 0.2) is 5.82 Å². The van der Waals surface area contributed by atoms with E-state index in [-0.39, 0.29) is 0 Å². The molecule has 0 unspecified atom stereocenters. The number of rotatable bonds is 4. The number of nitrogen functional groups attached to an aromatic ring is 1. The summed E-state index contributed by atoms with van der Waals surface area (Å²) in [5.41, 5.74) is 7.71. The van der Waals surface area contributed by atoms with Crippen molar-refractivity contribution in [3.05, 3.63) is 48.5 Å². The molecule has 5 nitrogen and oxygen atoms in total. The van der Waals surface area contributed by atoms with E-state index >= 15 is 0 Å². The molecular weight excluding hydrogens is 264 g/mol. The fourth-order valence-electron chi connectivity index (χ4n) is 2.26. The third-order valence-corrected chi connectivity index (χ3v) is 3.18. The number of anilines is 1. The summed E-state index contributed by atoms with van der Waals surface area (Å²) in [7, 11) is 0. The lowest BCUT2D eigenvalue weighted by atomic mass is 10.0. The number of hydrogen-bond acceptors (Lipinski definition) is 5. The van der Waals surface area contributed by atoms with Crippen molar-refractivity contribution in [1.82, 2.24) is 15.0 Å². The minimum Gasteiger partial charge on any atom is -0.384 e. The van der Waals surface area contributed by atoms with Crippen molar-refractivity contribution in [2.45, 2.75) is 13.5 Å².